The van der Waals surface area contributed by atoms with Crippen molar-refractivity contribution in [3.05, 3.63) is 53.1 Å². The maximum atomic E-state index is 9.25. The predicted octanol–water partition coefficient (Wildman–Crippen LogP) is 3.69. The van der Waals surface area contributed by atoms with Gasteiger partial charge >= 0.3 is 0 Å². The summed E-state index contributed by atoms with van der Waals surface area (Å²) in [6.45, 7) is 0. The molecule has 0 amide bonds. The molecule has 0 fully saturated rings. The number of benzene rings is 2. The van der Waals surface area contributed by atoms with E-state index in [2.05, 4.69) is 0 Å². The molecule has 0 bridgehead atoms. The molecule has 0 aliphatic carbocycles. The van der Waals surface area contributed by atoms with Gasteiger partial charge in [0.25, 0.3) is 0 Å². The second kappa shape index (κ2) is 4.99. The fourth-order valence-electron chi connectivity index (χ4n) is 1.63. The minimum absolute atomic E-state index is 0.227. The minimum atomic E-state index is 0.227. The van der Waals surface area contributed by atoms with Crippen LogP contribution in [-0.2, 0) is 0 Å². The normalized spacial score (nSPS) is 9.83. The van der Waals surface area contributed by atoms with Gasteiger partial charge in [0.15, 0.2) is 0 Å². The SMILES string of the molecule is CN(c1ccc(O)cc1)c1ccc(C#N)c(Cl)c1. The highest BCUT2D eigenvalue weighted by atomic mass is 35.5. The van der Waals surface area contributed by atoms with E-state index >= 15 is 0 Å². The molecule has 2 aromatic carbocycles. The van der Waals surface area contributed by atoms with Crippen LogP contribution in [0.25, 0.3) is 0 Å². The molecule has 0 spiro atoms. The maximum Gasteiger partial charge on any atom is 0.115 e. The molecule has 0 heterocycles. The zero-order valence-electron chi connectivity index (χ0n) is 9.76. The number of rotatable bonds is 2. The van der Waals surface area contributed by atoms with Crippen LogP contribution in [-0.4, -0.2) is 12.2 Å². The quantitative estimate of drug-likeness (QED) is 0.894. The predicted molar refractivity (Wildman–Crippen MR) is 72.3 cm³/mol. The number of phenolic OH excluding ortho intramolecular Hbond substituents is 1. The Hall–Kier alpha value is -2.18. The zero-order valence-corrected chi connectivity index (χ0v) is 10.5. The standard InChI is InChI=1S/C14H11ClN2O/c1-17(11-4-6-13(18)7-5-11)12-3-2-10(9-16)14(15)8-12/h2-8,18H,1H3. The second-order valence-corrected chi connectivity index (χ2v) is 4.26. The van der Waals surface area contributed by atoms with Crippen molar-refractivity contribution in [3.8, 4) is 11.8 Å². The average Bonchev–Trinajstić information content (AvgIpc) is 2.38. The van der Waals surface area contributed by atoms with Crippen LogP contribution in [0.3, 0.4) is 0 Å². The molecule has 0 aliphatic rings. The van der Waals surface area contributed by atoms with Crippen LogP contribution in [0.2, 0.25) is 5.02 Å². The first-order valence-corrected chi connectivity index (χ1v) is 5.72. The van der Waals surface area contributed by atoms with Crippen molar-refractivity contribution in [3.63, 3.8) is 0 Å². The van der Waals surface area contributed by atoms with Crippen molar-refractivity contribution < 1.29 is 5.11 Å². The lowest BCUT2D eigenvalue weighted by molar-refractivity contribution is 0.475. The Kier molecular flexibility index (Phi) is 3.40. The Balaban J connectivity index is 2.34. The van der Waals surface area contributed by atoms with Crippen LogP contribution in [0.1, 0.15) is 5.56 Å². The molecule has 4 heteroatoms. The van der Waals surface area contributed by atoms with Crippen LogP contribution in [0.4, 0.5) is 11.4 Å². The summed E-state index contributed by atoms with van der Waals surface area (Å²) < 4.78 is 0. The van der Waals surface area contributed by atoms with Gasteiger partial charge in [0.05, 0.1) is 10.6 Å². The van der Waals surface area contributed by atoms with Crippen molar-refractivity contribution in [2.45, 2.75) is 0 Å². The van der Waals surface area contributed by atoms with Crippen molar-refractivity contribution >= 4 is 23.0 Å². The number of halogens is 1. The van der Waals surface area contributed by atoms with E-state index < -0.39 is 0 Å². The molecule has 1 N–H and O–H groups in total. The Morgan fingerprint density at radius 2 is 1.72 bits per heavy atom. The molecule has 0 atom stereocenters. The average molecular weight is 259 g/mol. The topological polar surface area (TPSA) is 47.3 Å². The summed E-state index contributed by atoms with van der Waals surface area (Å²) in [5.74, 6) is 0.227. The van der Waals surface area contributed by atoms with Crippen LogP contribution < -0.4 is 4.90 Å². The van der Waals surface area contributed by atoms with Crippen LogP contribution in [0, 0.1) is 11.3 Å². The van der Waals surface area contributed by atoms with Gasteiger partial charge in [-0.25, -0.2) is 0 Å². The molecule has 0 saturated carbocycles. The Morgan fingerprint density at radius 1 is 1.11 bits per heavy atom. The number of nitrogens with zero attached hydrogens (tertiary/aromatic N) is 2. The van der Waals surface area contributed by atoms with E-state index in [0.29, 0.717) is 10.6 Å². The first-order chi connectivity index (χ1) is 8.61. The van der Waals surface area contributed by atoms with Gasteiger partial charge in [0.1, 0.15) is 11.8 Å². The summed E-state index contributed by atoms with van der Waals surface area (Å²) >= 11 is 6.00. The van der Waals surface area contributed by atoms with E-state index in [4.69, 9.17) is 16.9 Å². The first-order valence-electron chi connectivity index (χ1n) is 5.34. The Morgan fingerprint density at radius 3 is 2.28 bits per heavy atom. The molecule has 0 aromatic heterocycles. The summed E-state index contributed by atoms with van der Waals surface area (Å²) in [4.78, 5) is 1.92. The highest BCUT2D eigenvalue weighted by molar-refractivity contribution is 6.32. The van der Waals surface area contributed by atoms with Gasteiger partial charge < -0.3 is 10.0 Å². The van der Waals surface area contributed by atoms with Crippen molar-refractivity contribution in [1.82, 2.24) is 0 Å². The van der Waals surface area contributed by atoms with Gasteiger partial charge in [0, 0.05) is 18.4 Å². The van der Waals surface area contributed by atoms with E-state index in [0.717, 1.165) is 11.4 Å². The van der Waals surface area contributed by atoms with Crippen molar-refractivity contribution in [1.29, 1.82) is 5.26 Å². The van der Waals surface area contributed by atoms with E-state index in [9.17, 15) is 5.11 Å². The molecular formula is C14H11ClN2O. The zero-order chi connectivity index (χ0) is 13.1. The molecular weight excluding hydrogens is 248 g/mol. The van der Waals surface area contributed by atoms with E-state index in [1.807, 2.05) is 24.1 Å². The highest BCUT2D eigenvalue weighted by Gasteiger charge is 2.07. The molecule has 0 aliphatic heterocycles. The molecule has 90 valence electrons. The lowest BCUT2D eigenvalue weighted by Crippen LogP contribution is -2.09. The highest BCUT2D eigenvalue weighted by Crippen LogP contribution is 2.28. The molecule has 0 saturated heterocycles. The number of aromatic hydroxyl groups is 1. The third kappa shape index (κ3) is 2.39. The van der Waals surface area contributed by atoms with Crippen LogP contribution in [0.15, 0.2) is 42.5 Å². The number of anilines is 2. The number of hydrogen-bond donors (Lipinski definition) is 1. The van der Waals surface area contributed by atoms with Gasteiger partial charge in [-0.2, -0.15) is 5.26 Å². The summed E-state index contributed by atoms with van der Waals surface area (Å²) in [5.41, 5.74) is 2.26. The van der Waals surface area contributed by atoms with E-state index in [1.165, 1.54) is 0 Å². The molecule has 3 nitrogen and oxygen atoms in total. The van der Waals surface area contributed by atoms with Crippen molar-refractivity contribution in [2.24, 2.45) is 0 Å². The van der Waals surface area contributed by atoms with Crippen LogP contribution >= 0.6 is 11.6 Å². The second-order valence-electron chi connectivity index (χ2n) is 3.85. The number of nitriles is 1. The van der Waals surface area contributed by atoms with E-state index in [-0.39, 0.29) is 5.75 Å². The maximum absolute atomic E-state index is 9.25. The summed E-state index contributed by atoms with van der Waals surface area (Å²) in [7, 11) is 1.89. The van der Waals surface area contributed by atoms with Gasteiger partial charge in [0.2, 0.25) is 0 Å². The molecule has 0 radical (unpaired) electrons. The lowest BCUT2D eigenvalue weighted by Gasteiger charge is -2.19. The molecule has 2 aromatic rings. The lowest BCUT2D eigenvalue weighted by atomic mass is 10.2. The molecule has 18 heavy (non-hydrogen) atoms. The third-order valence-electron chi connectivity index (χ3n) is 2.70. The fourth-order valence-corrected chi connectivity index (χ4v) is 1.85. The van der Waals surface area contributed by atoms with Crippen molar-refractivity contribution in [2.75, 3.05) is 11.9 Å². The van der Waals surface area contributed by atoms with Gasteiger partial charge in [-0.15, -0.1) is 0 Å². The van der Waals surface area contributed by atoms with Crippen LogP contribution in [0.5, 0.6) is 5.75 Å². The molecule has 0 unspecified atom stereocenters. The third-order valence-corrected chi connectivity index (χ3v) is 3.01. The Bertz CT molecular complexity index is 602. The minimum Gasteiger partial charge on any atom is -0.508 e. The van der Waals surface area contributed by atoms with E-state index in [1.54, 1.807) is 36.4 Å². The Labute approximate surface area is 110 Å². The number of hydrogen-bond acceptors (Lipinski definition) is 3. The fraction of sp³-hybridized carbons (Fsp3) is 0.0714. The number of phenols is 1. The van der Waals surface area contributed by atoms with Gasteiger partial charge in [-0.3, -0.25) is 0 Å². The summed E-state index contributed by atoms with van der Waals surface area (Å²) in [6, 6.07) is 14.1. The monoisotopic (exact) mass is 258 g/mol. The summed E-state index contributed by atoms with van der Waals surface area (Å²) in [5, 5.41) is 18.5. The largest absolute Gasteiger partial charge is 0.508 e. The first kappa shape index (κ1) is 12.3. The smallest absolute Gasteiger partial charge is 0.115 e. The molecule has 2 rings (SSSR count). The van der Waals surface area contributed by atoms with Gasteiger partial charge in [-0.1, -0.05) is 11.6 Å². The summed E-state index contributed by atoms with van der Waals surface area (Å²) in [6.07, 6.45) is 0. The van der Waals surface area contributed by atoms with Gasteiger partial charge in [-0.05, 0) is 42.5 Å².